The lowest BCUT2D eigenvalue weighted by Gasteiger charge is -2.33. The number of nitrogens with zero attached hydrogens (tertiary/aromatic N) is 2. The van der Waals surface area contributed by atoms with Gasteiger partial charge in [-0.3, -0.25) is 4.79 Å². The van der Waals surface area contributed by atoms with Gasteiger partial charge in [-0.2, -0.15) is 4.31 Å². The summed E-state index contributed by atoms with van der Waals surface area (Å²) in [7, 11) is -2.42. The molecule has 1 saturated heterocycles. The molecule has 0 aliphatic carbocycles. The van der Waals surface area contributed by atoms with Crippen molar-refractivity contribution >= 4 is 22.0 Å². The smallest absolute Gasteiger partial charge is 0.246 e. The molecule has 0 atom stereocenters. The van der Waals surface area contributed by atoms with Gasteiger partial charge in [0.05, 0.1) is 12.0 Å². The Morgan fingerprint density at radius 1 is 1.03 bits per heavy atom. The van der Waals surface area contributed by atoms with Crippen molar-refractivity contribution in [3.63, 3.8) is 0 Å². The molecule has 1 aliphatic heterocycles. The number of benzene rings is 2. The molecule has 2 aromatic rings. The third kappa shape index (κ3) is 4.63. The minimum atomic E-state index is -3.96. The van der Waals surface area contributed by atoms with E-state index in [-0.39, 0.29) is 37.0 Å². The van der Waals surface area contributed by atoms with E-state index in [0.717, 1.165) is 22.0 Å². The van der Waals surface area contributed by atoms with Crippen molar-refractivity contribution in [3.8, 4) is 5.75 Å². The number of hydrogen-bond donors (Lipinski definition) is 0. The SMILES string of the molecule is COc1ccccc1C=CC(=O)N1CCN(S(=O)(=O)c2ccc(F)c(F)c2)CC1. The fourth-order valence-electron chi connectivity index (χ4n) is 3.01. The van der Waals surface area contributed by atoms with Crippen LogP contribution in [0, 0.1) is 11.6 Å². The monoisotopic (exact) mass is 422 g/mol. The standard InChI is InChI=1S/C20H20F2N2O4S/c1-28-19-5-3-2-4-15(19)6-9-20(25)23-10-12-24(13-11-23)29(26,27)16-7-8-17(21)18(22)14-16/h2-9,14H,10-13H2,1H3. The number of sulfonamides is 1. The second kappa shape index (κ2) is 8.71. The van der Waals surface area contributed by atoms with Gasteiger partial charge in [-0.25, -0.2) is 17.2 Å². The van der Waals surface area contributed by atoms with Gasteiger partial charge in [-0.15, -0.1) is 0 Å². The first-order valence-electron chi connectivity index (χ1n) is 8.88. The van der Waals surface area contributed by atoms with Crippen LogP contribution in [0.1, 0.15) is 5.56 Å². The molecule has 1 fully saturated rings. The van der Waals surface area contributed by atoms with E-state index in [1.54, 1.807) is 19.3 Å². The lowest BCUT2D eigenvalue weighted by Crippen LogP contribution is -2.50. The summed E-state index contributed by atoms with van der Waals surface area (Å²) < 4.78 is 58.1. The molecule has 0 aromatic heterocycles. The number of carbonyl (C=O) groups is 1. The fourth-order valence-corrected chi connectivity index (χ4v) is 4.44. The van der Waals surface area contributed by atoms with E-state index in [0.29, 0.717) is 11.8 Å². The molecule has 1 amide bonds. The third-order valence-electron chi connectivity index (χ3n) is 4.62. The molecule has 0 spiro atoms. The van der Waals surface area contributed by atoms with Gasteiger partial charge in [-0.1, -0.05) is 18.2 Å². The summed E-state index contributed by atoms with van der Waals surface area (Å²) in [4.78, 5) is 13.6. The van der Waals surface area contributed by atoms with Gasteiger partial charge >= 0.3 is 0 Å². The number of hydrogen-bond acceptors (Lipinski definition) is 4. The molecular weight excluding hydrogens is 402 g/mol. The Hall–Kier alpha value is -2.78. The quantitative estimate of drug-likeness (QED) is 0.695. The van der Waals surface area contributed by atoms with Gasteiger partial charge in [0.15, 0.2) is 11.6 Å². The van der Waals surface area contributed by atoms with Crippen LogP contribution >= 0.6 is 0 Å². The number of para-hydroxylation sites is 1. The van der Waals surface area contributed by atoms with Crippen molar-refractivity contribution in [3.05, 3.63) is 65.7 Å². The lowest BCUT2D eigenvalue weighted by atomic mass is 10.2. The van der Waals surface area contributed by atoms with Crippen molar-refractivity contribution in [2.75, 3.05) is 33.3 Å². The van der Waals surface area contributed by atoms with Gasteiger partial charge in [0.2, 0.25) is 15.9 Å². The average molecular weight is 422 g/mol. The summed E-state index contributed by atoms with van der Waals surface area (Å²) in [5.41, 5.74) is 0.753. The molecule has 0 saturated carbocycles. The molecule has 1 aliphatic rings. The molecule has 6 nitrogen and oxygen atoms in total. The minimum Gasteiger partial charge on any atom is -0.496 e. The highest BCUT2D eigenvalue weighted by atomic mass is 32.2. The third-order valence-corrected chi connectivity index (χ3v) is 6.52. The van der Waals surface area contributed by atoms with Gasteiger partial charge in [0.25, 0.3) is 0 Å². The maximum atomic E-state index is 13.4. The molecule has 154 valence electrons. The van der Waals surface area contributed by atoms with E-state index in [9.17, 15) is 22.0 Å². The predicted molar refractivity (Wildman–Crippen MR) is 104 cm³/mol. The predicted octanol–water partition coefficient (Wildman–Crippen LogP) is 2.52. The molecule has 2 aromatic carbocycles. The lowest BCUT2D eigenvalue weighted by molar-refractivity contribution is -0.127. The molecule has 0 unspecified atom stereocenters. The number of piperazine rings is 1. The normalized spacial score (nSPS) is 15.6. The molecule has 0 N–H and O–H groups in total. The number of methoxy groups -OCH3 is 1. The van der Waals surface area contributed by atoms with Crippen LogP contribution in [0.2, 0.25) is 0 Å². The molecule has 9 heteroatoms. The van der Waals surface area contributed by atoms with Crippen molar-refractivity contribution in [2.45, 2.75) is 4.90 Å². The highest BCUT2D eigenvalue weighted by Gasteiger charge is 2.30. The van der Waals surface area contributed by atoms with Gasteiger partial charge in [-0.05, 0) is 30.3 Å². The number of carbonyl (C=O) groups excluding carboxylic acids is 1. The van der Waals surface area contributed by atoms with Crippen molar-refractivity contribution in [1.82, 2.24) is 9.21 Å². The van der Waals surface area contributed by atoms with Crippen molar-refractivity contribution in [1.29, 1.82) is 0 Å². The molecule has 3 rings (SSSR count). The zero-order valence-electron chi connectivity index (χ0n) is 15.7. The zero-order valence-corrected chi connectivity index (χ0v) is 16.5. The van der Waals surface area contributed by atoms with Crippen LogP contribution < -0.4 is 4.74 Å². The summed E-state index contributed by atoms with van der Waals surface area (Å²) in [5, 5.41) is 0. The molecule has 29 heavy (non-hydrogen) atoms. The van der Waals surface area contributed by atoms with Crippen LogP contribution in [0.5, 0.6) is 5.75 Å². The van der Waals surface area contributed by atoms with E-state index >= 15 is 0 Å². The summed E-state index contributed by atoms with van der Waals surface area (Å²) >= 11 is 0. The van der Waals surface area contributed by atoms with Crippen LogP contribution in [0.15, 0.2) is 53.4 Å². The van der Waals surface area contributed by atoms with Gasteiger partial charge < -0.3 is 9.64 Å². The first-order valence-corrected chi connectivity index (χ1v) is 10.3. The largest absolute Gasteiger partial charge is 0.496 e. The van der Waals surface area contributed by atoms with E-state index in [1.165, 1.54) is 11.0 Å². The number of halogens is 2. The van der Waals surface area contributed by atoms with E-state index in [2.05, 4.69) is 0 Å². The highest BCUT2D eigenvalue weighted by molar-refractivity contribution is 7.89. The van der Waals surface area contributed by atoms with Crippen LogP contribution in [0.25, 0.3) is 6.08 Å². The Labute approximate surface area is 168 Å². The van der Waals surface area contributed by atoms with E-state index in [1.807, 2.05) is 18.2 Å². The average Bonchev–Trinajstić information content (AvgIpc) is 2.74. The summed E-state index contributed by atoms with van der Waals surface area (Å²) in [6.07, 6.45) is 3.06. The molecule has 0 radical (unpaired) electrons. The highest BCUT2D eigenvalue weighted by Crippen LogP contribution is 2.21. The Balaban J connectivity index is 1.64. The maximum Gasteiger partial charge on any atom is 0.246 e. The Morgan fingerprint density at radius 3 is 2.38 bits per heavy atom. The van der Waals surface area contributed by atoms with Crippen LogP contribution in [-0.4, -0.2) is 56.8 Å². The topological polar surface area (TPSA) is 66.9 Å². The van der Waals surface area contributed by atoms with Crippen LogP contribution in [0.4, 0.5) is 8.78 Å². The van der Waals surface area contributed by atoms with Gasteiger partial charge in [0.1, 0.15) is 5.75 Å². The van der Waals surface area contributed by atoms with Crippen LogP contribution in [-0.2, 0) is 14.8 Å². The Morgan fingerprint density at radius 2 is 1.72 bits per heavy atom. The summed E-state index contributed by atoms with van der Waals surface area (Å²) in [5.74, 6) is -1.94. The van der Waals surface area contributed by atoms with Gasteiger partial charge in [0, 0.05) is 37.8 Å². The first kappa shape index (κ1) is 20.9. The first-order chi connectivity index (χ1) is 13.8. The number of amides is 1. The molecular formula is C20H20F2N2O4S. The van der Waals surface area contributed by atoms with E-state index < -0.39 is 21.7 Å². The number of rotatable bonds is 5. The second-order valence-corrected chi connectivity index (χ2v) is 8.32. The van der Waals surface area contributed by atoms with Crippen molar-refractivity contribution in [2.24, 2.45) is 0 Å². The fraction of sp³-hybridized carbons (Fsp3) is 0.250. The Bertz CT molecular complexity index is 1030. The zero-order chi connectivity index (χ0) is 21.0. The number of ether oxygens (including phenoxy) is 1. The Kier molecular flexibility index (Phi) is 6.29. The summed E-state index contributed by atoms with van der Waals surface area (Å²) in [6.45, 7) is 0.515. The van der Waals surface area contributed by atoms with E-state index in [4.69, 9.17) is 4.74 Å². The minimum absolute atomic E-state index is 0.0650. The second-order valence-electron chi connectivity index (χ2n) is 6.38. The van der Waals surface area contributed by atoms with Crippen molar-refractivity contribution < 1.29 is 26.7 Å². The summed E-state index contributed by atoms with van der Waals surface area (Å²) in [6, 6.07) is 9.73. The molecule has 1 heterocycles. The van der Waals surface area contributed by atoms with Crippen LogP contribution in [0.3, 0.4) is 0 Å². The maximum absolute atomic E-state index is 13.4. The molecule has 0 bridgehead atoms.